The van der Waals surface area contributed by atoms with E-state index in [9.17, 15) is 29.7 Å². The third-order valence-corrected chi connectivity index (χ3v) is 15.7. The SMILES string of the molecule is CCCCCCCCCCCCCCCCCC[N+](C)(C)CCCCCCCCCCCCCCCCCC.O=C([O-])c1cc(Cn2c(O)c3c(c2-c2ccc(Cl)cc2)C(=O)N=C3c2ccc(Cl)cc2)cc(C(=O)O)c1. The molecule has 4 aromatic rings. The summed E-state index contributed by atoms with van der Waals surface area (Å²) in [5, 5.41) is 33.3. The van der Waals surface area contributed by atoms with Crippen molar-refractivity contribution in [1.82, 2.24) is 4.57 Å². The zero-order chi connectivity index (χ0) is 55.0. The van der Waals surface area contributed by atoms with Gasteiger partial charge >= 0.3 is 5.97 Å². The van der Waals surface area contributed by atoms with Gasteiger partial charge in [-0.1, -0.05) is 241 Å². The Balaban J connectivity index is 0.000000328. The zero-order valence-electron chi connectivity index (χ0n) is 47.2. The van der Waals surface area contributed by atoms with Gasteiger partial charge in [-0.25, -0.2) is 9.79 Å². The van der Waals surface area contributed by atoms with Gasteiger partial charge < -0.3 is 29.2 Å². The molecule has 11 heteroatoms. The van der Waals surface area contributed by atoms with Crippen molar-refractivity contribution in [3.63, 3.8) is 0 Å². The van der Waals surface area contributed by atoms with Crippen molar-refractivity contribution in [1.29, 1.82) is 0 Å². The van der Waals surface area contributed by atoms with Crippen molar-refractivity contribution in [2.24, 2.45) is 4.99 Å². The number of fused-ring (bicyclic) bond motifs is 1. The molecular formula is C65H95Cl2N3O6. The summed E-state index contributed by atoms with van der Waals surface area (Å²) in [6.45, 7) is 7.24. The van der Waals surface area contributed by atoms with Gasteiger partial charge in [0, 0.05) is 15.6 Å². The Hall–Kier alpha value is -4.44. The van der Waals surface area contributed by atoms with Gasteiger partial charge in [0.1, 0.15) is 0 Å². The molecule has 5 rings (SSSR count). The van der Waals surface area contributed by atoms with Gasteiger partial charge in [-0.15, -0.1) is 0 Å². The van der Waals surface area contributed by atoms with Gasteiger partial charge in [0.05, 0.1) is 67.8 Å². The van der Waals surface area contributed by atoms with Crippen molar-refractivity contribution < 1.29 is 34.2 Å². The number of aromatic nitrogens is 1. The molecule has 0 atom stereocenters. The van der Waals surface area contributed by atoms with E-state index in [-0.39, 0.29) is 46.0 Å². The van der Waals surface area contributed by atoms with Gasteiger partial charge in [0.15, 0.2) is 0 Å². The molecule has 0 radical (unpaired) electrons. The summed E-state index contributed by atoms with van der Waals surface area (Å²) in [5.74, 6) is -3.74. The predicted octanol–water partition coefficient (Wildman–Crippen LogP) is 17.9. The fraction of sp³-hybridized carbons (Fsp3) is 0.600. The summed E-state index contributed by atoms with van der Waals surface area (Å²) in [4.78, 5) is 40.4. The number of hydrogen-bond donors (Lipinski definition) is 2. The highest BCUT2D eigenvalue weighted by Crippen LogP contribution is 2.42. The second kappa shape index (κ2) is 36.6. The largest absolute Gasteiger partial charge is 0.545 e. The van der Waals surface area contributed by atoms with Crippen LogP contribution in [0.3, 0.4) is 0 Å². The van der Waals surface area contributed by atoms with Gasteiger partial charge in [0.25, 0.3) is 5.91 Å². The molecule has 76 heavy (non-hydrogen) atoms. The highest BCUT2D eigenvalue weighted by molar-refractivity contribution is 6.32. The van der Waals surface area contributed by atoms with Crippen LogP contribution in [0.5, 0.6) is 5.88 Å². The molecule has 1 aliphatic heterocycles. The van der Waals surface area contributed by atoms with E-state index in [4.69, 9.17) is 23.2 Å². The van der Waals surface area contributed by atoms with Gasteiger partial charge in [0.2, 0.25) is 5.88 Å². The summed E-state index contributed by atoms with van der Waals surface area (Å²) >= 11 is 12.1. The van der Waals surface area contributed by atoms with Crippen LogP contribution < -0.4 is 5.11 Å². The molecule has 0 saturated heterocycles. The van der Waals surface area contributed by atoms with Crippen molar-refractivity contribution in [3.05, 3.63) is 110 Å². The molecule has 2 N–H and O–H groups in total. The van der Waals surface area contributed by atoms with Crippen molar-refractivity contribution in [2.45, 2.75) is 226 Å². The molecule has 1 aromatic heterocycles. The molecule has 420 valence electrons. The van der Waals surface area contributed by atoms with E-state index < -0.39 is 17.8 Å². The number of aliphatic imine (C=N–C) groups is 1. The quantitative estimate of drug-likeness (QED) is 0.0337. The zero-order valence-corrected chi connectivity index (χ0v) is 48.7. The number of halogens is 2. The Morgan fingerprint density at radius 1 is 0.526 bits per heavy atom. The van der Waals surface area contributed by atoms with Crippen LogP contribution in [0, 0.1) is 0 Å². The Morgan fingerprint density at radius 3 is 1.25 bits per heavy atom. The number of aromatic hydroxyl groups is 1. The minimum Gasteiger partial charge on any atom is -0.545 e. The van der Waals surface area contributed by atoms with Crippen LogP contribution in [0.4, 0.5) is 0 Å². The van der Waals surface area contributed by atoms with E-state index in [1.165, 1.54) is 240 Å². The monoisotopic (exact) mass is 1080 g/mol. The molecule has 0 aliphatic carbocycles. The number of carbonyl (C=O) groups excluding carboxylic acids is 2. The van der Waals surface area contributed by atoms with E-state index in [0.29, 0.717) is 26.9 Å². The third kappa shape index (κ3) is 23.7. The average Bonchev–Trinajstić information content (AvgIpc) is 4.00. The van der Waals surface area contributed by atoms with Gasteiger partial charge in [-0.2, -0.15) is 0 Å². The number of carboxylic acid groups (broad SMARTS) is 2. The second-order valence-electron chi connectivity index (χ2n) is 22.3. The van der Waals surface area contributed by atoms with E-state index in [0.717, 1.165) is 6.07 Å². The Kier molecular flexibility index (Phi) is 30.9. The Morgan fingerprint density at radius 2 is 0.882 bits per heavy atom. The van der Waals surface area contributed by atoms with Crippen LogP contribution in [0.1, 0.15) is 267 Å². The molecule has 0 spiro atoms. The molecule has 3 aromatic carbocycles. The molecule has 1 amide bonds. The van der Waals surface area contributed by atoms with Crippen LogP contribution in [0.25, 0.3) is 11.3 Å². The maximum Gasteiger partial charge on any atom is 0.335 e. The summed E-state index contributed by atoms with van der Waals surface area (Å²) in [6.07, 6.45) is 46.9. The van der Waals surface area contributed by atoms with E-state index in [1.807, 2.05) is 0 Å². The fourth-order valence-electron chi connectivity index (χ4n) is 10.6. The lowest BCUT2D eigenvalue weighted by Crippen LogP contribution is -2.41. The number of carbonyl (C=O) groups is 3. The summed E-state index contributed by atoms with van der Waals surface area (Å²) in [6, 6.07) is 16.7. The number of quaternary nitrogens is 1. The highest BCUT2D eigenvalue weighted by atomic mass is 35.5. The summed E-state index contributed by atoms with van der Waals surface area (Å²) < 4.78 is 2.66. The summed E-state index contributed by atoms with van der Waals surface area (Å²) in [7, 11) is 4.94. The van der Waals surface area contributed by atoms with Crippen molar-refractivity contribution in [3.8, 4) is 17.1 Å². The molecular weight excluding hydrogens is 990 g/mol. The Labute approximate surface area is 468 Å². The van der Waals surface area contributed by atoms with E-state index in [2.05, 4.69) is 32.9 Å². The molecule has 0 unspecified atom stereocenters. The van der Waals surface area contributed by atoms with Gasteiger partial charge in [-0.3, -0.25) is 4.79 Å². The van der Waals surface area contributed by atoms with Crippen molar-refractivity contribution >= 4 is 46.8 Å². The number of rotatable bonds is 40. The lowest BCUT2D eigenvalue weighted by atomic mass is 10.0. The fourth-order valence-corrected chi connectivity index (χ4v) is 10.9. The Bertz CT molecular complexity index is 2270. The summed E-state index contributed by atoms with van der Waals surface area (Å²) in [5.41, 5.74) is 1.68. The van der Waals surface area contributed by atoms with Crippen molar-refractivity contribution in [2.75, 3.05) is 27.2 Å². The third-order valence-electron chi connectivity index (χ3n) is 15.2. The normalized spacial score (nSPS) is 12.2. The first-order valence-corrected chi connectivity index (χ1v) is 30.5. The smallest absolute Gasteiger partial charge is 0.335 e. The number of amides is 1. The standard InChI is InChI=1S/C38H80N.C27H16Cl2N2O6/c1-5-7-9-11-13-15-17-19-21-23-25-27-29-31-33-35-37-39(3,4)38-36-34-32-30-28-26-24-22-20-18-16-14-12-10-8-6-2;28-18-5-1-14(2-6-18)22-20-21(24(32)30-22)23(15-3-7-19(29)8-4-15)31(25(20)33)12-13-9-16(26(34)35)11-17(10-13)27(36)37/h5-38H2,1-4H3;1-11,33H,12H2,(H,34,35)(H,36,37)/q+1;/p-1. The van der Waals surface area contributed by atoms with Gasteiger partial charge in [-0.05, 0) is 84.8 Å². The molecule has 0 saturated carbocycles. The minimum absolute atomic E-state index is 0.152. The second-order valence-corrected chi connectivity index (χ2v) is 23.2. The van der Waals surface area contributed by atoms with Crippen LogP contribution in [-0.2, 0) is 6.54 Å². The topological polar surface area (TPSA) is 132 Å². The number of hydrogen-bond acceptors (Lipinski definition) is 5. The van der Waals surface area contributed by atoms with Crippen LogP contribution in [0.15, 0.2) is 71.7 Å². The van der Waals surface area contributed by atoms with Crippen LogP contribution >= 0.6 is 23.2 Å². The number of benzene rings is 3. The maximum absolute atomic E-state index is 13.2. The molecule has 0 fully saturated rings. The molecule has 0 bridgehead atoms. The predicted molar refractivity (Wildman–Crippen MR) is 316 cm³/mol. The first kappa shape index (κ1) is 64.1. The number of nitrogens with zero attached hydrogens (tertiary/aromatic N) is 3. The first-order valence-electron chi connectivity index (χ1n) is 29.8. The molecule has 2 heterocycles. The maximum atomic E-state index is 13.2. The van der Waals surface area contributed by atoms with E-state index >= 15 is 0 Å². The van der Waals surface area contributed by atoms with Crippen LogP contribution in [-0.4, -0.2) is 70.0 Å². The molecule has 9 nitrogen and oxygen atoms in total. The lowest BCUT2D eigenvalue weighted by molar-refractivity contribution is -0.890. The van der Waals surface area contributed by atoms with Crippen LogP contribution in [0.2, 0.25) is 10.0 Å². The number of unbranched alkanes of at least 4 members (excludes halogenated alkanes) is 30. The first-order chi connectivity index (χ1) is 36.8. The lowest BCUT2D eigenvalue weighted by Gasteiger charge is -2.30. The van der Waals surface area contributed by atoms with E-state index in [1.54, 1.807) is 48.5 Å². The average molecular weight is 1090 g/mol. The number of aromatic carboxylic acids is 2. The minimum atomic E-state index is -1.55. The highest BCUT2D eigenvalue weighted by Gasteiger charge is 2.36. The molecule has 1 aliphatic rings. The number of carboxylic acids is 2.